The molecule has 0 aromatic heterocycles. The van der Waals surface area contributed by atoms with Crippen molar-refractivity contribution in [3.8, 4) is 5.75 Å². The van der Waals surface area contributed by atoms with Crippen molar-refractivity contribution in [3.63, 3.8) is 0 Å². The van der Waals surface area contributed by atoms with Crippen molar-refractivity contribution >= 4 is 21.6 Å². The van der Waals surface area contributed by atoms with Gasteiger partial charge >= 0.3 is 0 Å². The Balaban J connectivity index is 1.87. The van der Waals surface area contributed by atoms with Crippen molar-refractivity contribution < 1.29 is 17.9 Å². The molecule has 0 spiro atoms. The molecule has 0 aliphatic rings. The first-order chi connectivity index (χ1) is 12.3. The number of nitrogens with one attached hydrogen (secondary N) is 1. The lowest BCUT2D eigenvalue weighted by molar-refractivity contribution is -0.119. The van der Waals surface area contributed by atoms with Crippen molar-refractivity contribution in [2.45, 2.75) is 13.8 Å². The van der Waals surface area contributed by atoms with Gasteiger partial charge in [-0.25, -0.2) is 8.42 Å². The van der Waals surface area contributed by atoms with Crippen LogP contribution < -0.4 is 14.4 Å². The SMILES string of the molecule is Cc1ccc(OCCNC(=O)CN(c2ccc(C)cc2)S(C)(=O)=O)cc1. The Labute approximate surface area is 154 Å². The number of sulfonamides is 1. The predicted octanol–water partition coefficient (Wildman–Crippen LogP) is 2.26. The van der Waals surface area contributed by atoms with Crippen LogP contribution in [0.15, 0.2) is 48.5 Å². The van der Waals surface area contributed by atoms with Gasteiger partial charge in [-0.2, -0.15) is 0 Å². The van der Waals surface area contributed by atoms with Gasteiger partial charge < -0.3 is 10.1 Å². The van der Waals surface area contributed by atoms with E-state index in [2.05, 4.69) is 5.32 Å². The fourth-order valence-corrected chi connectivity index (χ4v) is 3.15. The fourth-order valence-electron chi connectivity index (χ4n) is 2.29. The van der Waals surface area contributed by atoms with Crippen molar-refractivity contribution in [1.29, 1.82) is 0 Å². The van der Waals surface area contributed by atoms with Crippen LogP contribution in [-0.4, -0.2) is 40.3 Å². The highest BCUT2D eigenvalue weighted by Crippen LogP contribution is 2.17. The molecule has 0 saturated carbocycles. The minimum Gasteiger partial charge on any atom is -0.492 e. The van der Waals surface area contributed by atoms with Gasteiger partial charge in [0.25, 0.3) is 0 Å². The summed E-state index contributed by atoms with van der Waals surface area (Å²) in [5.74, 6) is 0.339. The first kappa shape index (κ1) is 19.8. The number of amides is 1. The van der Waals surface area contributed by atoms with Gasteiger partial charge in [0, 0.05) is 0 Å². The molecule has 0 aliphatic heterocycles. The van der Waals surface area contributed by atoms with Gasteiger partial charge in [0.05, 0.1) is 18.5 Å². The largest absolute Gasteiger partial charge is 0.492 e. The summed E-state index contributed by atoms with van der Waals surface area (Å²) in [4.78, 5) is 12.1. The number of hydrogen-bond acceptors (Lipinski definition) is 4. The summed E-state index contributed by atoms with van der Waals surface area (Å²) in [7, 11) is -3.56. The van der Waals surface area contributed by atoms with E-state index < -0.39 is 10.0 Å². The molecule has 0 saturated heterocycles. The molecule has 0 atom stereocenters. The summed E-state index contributed by atoms with van der Waals surface area (Å²) in [6.45, 7) is 4.23. The molecule has 26 heavy (non-hydrogen) atoms. The van der Waals surface area contributed by atoms with Crippen LogP contribution in [0.4, 0.5) is 5.69 Å². The zero-order chi connectivity index (χ0) is 19.2. The molecule has 0 radical (unpaired) electrons. The third kappa shape index (κ3) is 6.07. The molecule has 0 heterocycles. The molecule has 0 aliphatic carbocycles. The van der Waals surface area contributed by atoms with Crippen molar-refractivity contribution in [2.24, 2.45) is 0 Å². The van der Waals surface area contributed by atoms with Gasteiger partial charge in [0.1, 0.15) is 18.9 Å². The Hall–Kier alpha value is -2.54. The first-order valence-electron chi connectivity index (χ1n) is 8.26. The van der Waals surface area contributed by atoms with Crippen LogP contribution in [0.2, 0.25) is 0 Å². The highest BCUT2D eigenvalue weighted by Gasteiger charge is 2.20. The predicted molar refractivity (Wildman–Crippen MR) is 103 cm³/mol. The first-order valence-corrected chi connectivity index (χ1v) is 10.1. The molecule has 2 rings (SSSR count). The maximum atomic E-state index is 12.1. The number of carbonyl (C=O) groups excluding carboxylic acids is 1. The second-order valence-corrected chi connectivity index (χ2v) is 8.02. The molecule has 2 aromatic rings. The number of rotatable bonds is 8. The van der Waals surface area contributed by atoms with E-state index in [1.807, 2.05) is 38.1 Å². The number of benzene rings is 2. The fraction of sp³-hybridized carbons (Fsp3) is 0.316. The van der Waals surface area contributed by atoms with Gasteiger partial charge in [-0.05, 0) is 38.1 Å². The zero-order valence-electron chi connectivity index (χ0n) is 15.2. The second-order valence-electron chi connectivity index (χ2n) is 6.12. The van der Waals surface area contributed by atoms with Crippen LogP contribution in [0, 0.1) is 13.8 Å². The lowest BCUT2D eigenvalue weighted by Crippen LogP contribution is -2.41. The Kier molecular flexibility index (Phi) is 6.63. The lowest BCUT2D eigenvalue weighted by atomic mass is 10.2. The number of nitrogens with zero attached hydrogens (tertiary/aromatic N) is 1. The van der Waals surface area contributed by atoms with E-state index in [1.165, 1.54) is 0 Å². The summed E-state index contributed by atoms with van der Waals surface area (Å²) in [5, 5.41) is 2.68. The van der Waals surface area contributed by atoms with Crippen LogP contribution in [-0.2, 0) is 14.8 Å². The topological polar surface area (TPSA) is 75.7 Å². The maximum absolute atomic E-state index is 12.1. The number of anilines is 1. The normalized spacial score (nSPS) is 11.0. The van der Waals surface area contributed by atoms with Gasteiger partial charge in [0.2, 0.25) is 15.9 Å². The molecule has 2 aromatic carbocycles. The van der Waals surface area contributed by atoms with E-state index in [4.69, 9.17) is 4.74 Å². The number of carbonyl (C=O) groups is 1. The highest BCUT2D eigenvalue weighted by atomic mass is 32.2. The summed E-state index contributed by atoms with van der Waals surface area (Å²) in [6, 6.07) is 14.6. The third-order valence-electron chi connectivity index (χ3n) is 3.72. The van der Waals surface area contributed by atoms with Crippen LogP contribution in [0.3, 0.4) is 0 Å². The molecule has 7 heteroatoms. The second kappa shape index (κ2) is 8.71. The zero-order valence-corrected chi connectivity index (χ0v) is 16.0. The van der Waals surface area contributed by atoms with Gasteiger partial charge in [-0.1, -0.05) is 35.4 Å². The Bertz CT molecular complexity index is 831. The number of ether oxygens (including phenoxy) is 1. The molecule has 140 valence electrons. The molecular formula is C19H24N2O4S. The van der Waals surface area contributed by atoms with E-state index in [-0.39, 0.29) is 19.0 Å². The summed E-state index contributed by atoms with van der Waals surface area (Å²) in [5.41, 5.74) is 2.62. The smallest absolute Gasteiger partial charge is 0.240 e. The van der Waals surface area contributed by atoms with Crippen LogP contribution >= 0.6 is 0 Å². The third-order valence-corrected chi connectivity index (χ3v) is 4.86. The lowest BCUT2D eigenvalue weighted by Gasteiger charge is -2.22. The molecule has 1 N–H and O–H groups in total. The molecule has 0 unspecified atom stereocenters. The van der Waals surface area contributed by atoms with Gasteiger partial charge in [-0.3, -0.25) is 9.10 Å². The Morgan fingerprint density at radius 3 is 2.08 bits per heavy atom. The number of hydrogen-bond donors (Lipinski definition) is 1. The van der Waals surface area contributed by atoms with Crippen molar-refractivity contribution in [1.82, 2.24) is 5.32 Å². The van der Waals surface area contributed by atoms with Crippen molar-refractivity contribution in [2.75, 3.05) is 30.3 Å². The van der Waals surface area contributed by atoms with Crippen LogP contribution in [0.1, 0.15) is 11.1 Å². The standard InChI is InChI=1S/C19H24N2O4S/c1-15-4-8-17(9-5-15)21(26(3,23)24)14-19(22)20-12-13-25-18-10-6-16(2)7-11-18/h4-11H,12-14H2,1-3H3,(H,20,22). The monoisotopic (exact) mass is 376 g/mol. The Morgan fingerprint density at radius 1 is 1.00 bits per heavy atom. The maximum Gasteiger partial charge on any atom is 0.240 e. The minimum atomic E-state index is -3.56. The quantitative estimate of drug-likeness (QED) is 0.717. The average molecular weight is 376 g/mol. The van der Waals surface area contributed by atoms with E-state index in [1.54, 1.807) is 24.3 Å². The molecule has 6 nitrogen and oxygen atoms in total. The van der Waals surface area contributed by atoms with Gasteiger partial charge in [-0.15, -0.1) is 0 Å². The molecular weight excluding hydrogens is 352 g/mol. The average Bonchev–Trinajstić information content (AvgIpc) is 2.58. The summed E-state index contributed by atoms with van der Waals surface area (Å²) >= 11 is 0. The van der Waals surface area contributed by atoms with E-state index in [9.17, 15) is 13.2 Å². The molecule has 1 amide bonds. The highest BCUT2D eigenvalue weighted by molar-refractivity contribution is 7.92. The minimum absolute atomic E-state index is 0.271. The Morgan fingerprint density at radius 2 is 1.54 bits per heavy atom. The van der Waals surface area contributed by atoms with E-state index in [0.717, 1.165) is 27.4 Å². The van der Waals surface area contributed by atoms with Gasteiger partial charge in [0.15, 0.2) is 0 Å². The van der Waals surface area contributed by atoms with Crippen molar-refractivity contribution in [3.05, 3.63) is 59.7 Å². The summed E-state index contributed by atoms with van der Waals surface area (Å²) < 4.78 is 30.7. The van der Waals surface area contributed by atoms with Crippen LogP contribution in [0.5, 0.6) is 5.75 Å². The van der Waals surface area contributed by atoms with Crippen LogP contribution in [0.25, 0.3) is 0 Å². The van der Waals surface area contributed by atoms with E-state index in [0.29, 0.717) is 12.3 Å². The van der Waals surface area contributed by atoms with E-state index >= 15 is 0 Å². The summed E-state index contributed by atoms with van der Waals surface area (Å²) in [6.07, 6.45) is 1.08. The molecule has 0 fully saturated rings. The number of aryl methyl sites for hydroxylation is 2. The molecule has 0 bridgehead atoms.